The van der Waals surface area contributed by atoms with E-state index in [0.717, 1.165) is 30.6 Å². The fourth-order valence-corrected chi connectivity index (χ4v) is 3.52. The van der Waals surface area contributed by atoms with Gasteiger partial charge in [-0.3, -0.25) is 4.79 Å². The molecular formula is C16H18FN3OS. The molecular weight excluding hydrogens is 301 g/mol. The number of fused-ring (bicyclic) bond motifs is 1. The average Bonchev–Trinajstić information content (AvgIpc) is 3.08. The quantitative estimate of drug-likeness (QED) is 0.921. The third-order valence-corrected chi connectivity index (χ3v) is 5.13. The highest BCUT2D eigenvalue weighted by Crippen LogP contribution is 2.30. The predicted octanol–water partition coefficient (Wildman–Crippen LogP) is 2.61. The zero-order valence-electron chi connectivity index (χ0n) is 12.4. The van der Waals surface area contributed by atoms with Gasteiger partial charge in [0.25, 0.3) is 0 Å². The van der Waals surface area contributed by atoms with Crippen LogP contribution in [0.25, 0.3) is 5.69 Å². The number of primary amides is 1. The molecule has 1 unspecified atom stereocenters. The van der Waals surface area contributed by atoms with Crippen molar-refractivity contribution >= 4 is 17.7 Å². The Morgan fingerprint density at radius 2 is 2.14 bits per heavy atom. The monoisotopic (exact) mass is 319 g/mol. The van der Waals surface area contributed by atoms with Gasteiger partial charge >= 0.3 is 0 Å². The Bertz CT molecular complexity index is 696. The third kappa shape index (κ3) is 2.88. The number of nitrogens with zero attached hydrogens (tertiary/aromatic N) is 2. The third-order valence-electron chi connectivity index (χ3n) is 3.96. The first-order chi connectivity index (χ1) is 10.6. The summed E-state index contributed by atoms with van der Waals surface area (Å²) in [6.45, 7) is 1.81. The van der Waals surface area contributed by atoms with Crippen molar-refractivity contribution in [2.24, 2.45) is 5.73 Å². The van der Waals surface area contributed by atoms with Crippen molar-refractivity contribution in [3.8, 4) is 5.69 Å². The van der Waals surface area contributed by atoms with E-state index in [4.69, 9.17) is 5.73 Å². The number of hydrogen-bond donors (Lipinski definition) is 1. The summed E-state index contributed by atoms with van der Waals surface area (Å²) < 4.78 is 15.0. The lowest BCUT2D eigenvalue weighted by Crippen LogP contribution is -2.22. The lowest BCUT2D eigenvalue weighted by atomic mass is 10.2. The molecule has 0 aliphatic heterocycles. The average molecular weight is 319 g/mol. The number of benzene rings is 1. The largest absolute Gasteiger partial charge is 0.369 e. The molecule has 116 valence electrons. The molecule has 0 saturated carbocycles. The number of carbonyl (C=O) groups excluding carboxylic acids is 1. The maximum Gasteiger partial charge on any atom is 0.230 e. The minimum Gasteiger partial charge on any atom is -0.369 e. The van der Waals surface area contributed by atoms with Crippen LogP contribution in [0, 0.1) is 5.82 Å². The molecule has 1 aliphatic carbocycles. The highest BCUT2D eigenvalue weighted by atomic mass is 32.2. The first-order valence-electron chi connectivity index (χ1n) is 7.33. The number of aromatic nitrogens is 2. The smallest absolute Gasteiger partial charge is 0.230 e. The molecule has 3 rings (SSSR count). The number of carbonyl (C=O) groups is 1. The van der Waals surface area contributed by atoms with E-state index in [0.29, 0.717) is 5.75 Å². The second-order valence-corrected chi connectivity index (χ2v) is 6.80. The highest BCUT2D eigenvalue weighted by Gasteiger charge is 2.23. The van der Waals surface area contributed by atoms with Gasteiger partial charge in [0.1, 0.15) is 5.82 Å². The SMILES string of the molecule is CC(SCc1nn(-c2ccc(F)cc2)c2c1CCC2)C(N)=O. The van der Waals surface area contributed by atoms with Gasteiger partial charge in [-0.15, -0.1) is 11.8 Å². The van der Waals surface area contributed by atoms with E-state index in [1.54, 1.807) is 12.1 Å². The van der Waals surface area contributed by atoms with Gasteiger partial charge in [0, 0.05) is 11.4 Å². The van der Waals surface area contributed by atoms with Crippen LogP contribution in [0.5, 0.6) is 0 Å². The molecule has 1 aromatic heterocycles. The zero-order valence-corrected chi connectivity index (χ0v) is 13.2. The van der Waals surface area contributed by atoms with E-state index in [-0.39, 0.29) is 17.0 Å². The Labute approximate surface area is 132 Å². The normalized spacial score (nSPS) is 14.8. The van der Waals surface area contributed by atoms with Gasteiger partial charge in [-0.1, -0.05) is 0 Å². The molecule has 22 heavy (non-hydrogen) atoms. The van der Waals surface area contributed by atoms with Crippen molar-refractivity contribution in [1.82, 2.24) is 9.78 Å². The molecule has 1 atom stereocenters. The van der Waals surface area contributed by atoms with E-state index in [9.17, 15) is 9.18 Å². The number of thioether (sulfide) groups is 1. The van der Waals surface area contributed by atoms with Crippen molar-refractivity contribution in [2.45, 2.75) is 37.2 Å². The standard InChI is InChI=1S/C16H18FN3OS/c1-10(16(18)21)22-9-14-13-3-2-4-15(13)20(19-14)12-7-5-11(17)6-8-12/h5-8,10H,2-4,9H2,1H3,(H2,18,21). The van der Waals surface area contributed by atoms with Crippen molar-refractivity contribution in [3.63, 3.8) is 0 Å². The molecule has 0 saturated heterocycles. The molecule has 0 spiro atoms. The molecule has 0 radical (unpaired) electrons. The molecule has 1 amide bonds. The summed E-state index contributed by atoms with van der Waals surface area (Å²) in [4.78, 5) is 11.2. The van der Waals surface area contributed by atoms with Crippen LogP contribution in [0.4, 0.5) is 4.39 Å². The molecule has 0 fully saturated rings. The van der Waals surface area contributed by atoms with E-state index in [1.165, 1.54) is 35.2 Å². The maximum atomic E-state index is 13.1. The Morgan fingerprint density at radius 1 is 1.41 bits per heavy atom. The summed E-state index contributed by atoms with van der Waals surface area (Å²) in [5.74, 6) is 0.110. The molecule has 2 aromatic rings. The van der Waals surface area contributed by atoms with Gasteiger partial charge in [0.2, 0.25) is 5.91 Å². The second kappa shape index (κ2) is 6.12. The van der Waals surface area contributed by atoms with Crippen molar-refractivity contribution in [2.75, 3.05) is 0 Å². The minimum atomic E-state index is -0.306. The second-order valence-electron chi connectivity index (χ2n) is 5.47. The summed E-state index contributed by atoms with van der Waals surface area (Å²) in [6, 6.07) is 6.37. The summed E-state index contributed by atoms with van der Waals surface area (Å²) >= 11 is 1.50. The predicted molar refractivity (Wildman–Crippen MR) is 85.5 cm³/mol. The zero-order chi connectivity index (χ0) is 15.7. The fourth-order valence-electron chi connectivity index (χ4n) is 2.71. The van der Waals surface area contributed by atoms with Gasteiger partial charge in [0.05, 0.1) is 16.6 Å². The van der Waals surface area contributed by atoms with Crippen LogP contribution in [-0.2, 0) is 23.4 Å². The molecule has 1 aromatic carbocycles. The number of amides is 1. The number of nitrogens with two attached hydrogens (primary N) is 1. The van der Waals surface area contributed by atoms with Crippen LogP contribution in [0.15, 0.2) is 24.3 Å². The van der Waals surface area contributed by atoms with Gasteiger partial charge in [-0.2, -0.15) is 5.10 Å². The molecule has 1 heterocycles. The van der Waals surface area contributed by atoms with Crippen LogP contribution in [0.2, 0.25) is 0 Å². The van der Waals surface area contributed by atoms with Crippen molar-refractivity contribution in [3.05, 3.63) is 47.0 Å². The Kier molecular flexibility index (Phi) is 4.20. The fraction of sp³-hybridized carbons (Fsp3) is 0.375. The van der Waals surface area contributed by atoms with Crippen LogP contribution in [-0.4, -0.2) is 20.9 Å². The van der Waals surface area contributed by atoms with Gasteiger partial charge in [-0.05, 0) is 56.0 Å². The van der Waals surface area contributed by atoms with E-state index in [2.05, 4.69) is 5.10 Å². The number of halogens is 1. The Balaban J connectivity index is 1.88. The summed E-state index contributed by atoms with van der Waals surface area (Å²) in [7, 11) is 0. The van der Waals surface area contributed by atoms with Gasteiger partial charge in [0.15, 0.2) is 0 Å². The topological polar surface area (TPSA) is 60.9 Å². The van der Waals surface area contributed by atoms with Crippen LogP contribution >= 0.6 is 11.8 Å². The molecule has 6 heteroatoms. The molecule has 1 aliphatic rings. The van der Waals surface area contributed by atoms with E-state index >= 15 is 0 Å². The van der Waals surface area contributed by atoms with Crippen molar-refractivity contribution < 1.29 is 9.18 Å². The van der Waals surface area contributed by atoms with Crippen LogP contribution < -0.4 is 5.73 Å². The maximum absolute atomic E-state index is 13.1. The lowest BCUT2D eigenvalue weighted by molar-refractivity contribution is -0.117. The first-order valence-corrected chi connectivity index (χ1v) is 8.37. The van der Waals surface area contributed by atoms with E-state index in [1.807, 2.05) is 11.6 Å². The number of hydrogen-bond acceptors (Lipinski definition) is 3. The molecule has 4 nitrogen and oxygen atoms in total. The summed E-state index contributed by atoms with van der Waals surface area (Å²) in [5, 5.41) is 4.46. The van der Waals surface area contributed by atoms with Crippen LogP contribution in [0.1, 0.15) is 30.3 Å². The summed E-state index contributed by atoms with van der Waals surface area (Å²) in [5.41, 5.74) is 9.66. The molecule has 0 bridgehead atoms. The Hall–Kier alpha value is -1.82. The number of rotatable bonds is 5. The lowest BCUT2D eigenvalue weighted by Gasteiger charge is -2.06. The summed E-state index contributed by atoms with van der Waals surface area (Å²) in [6.07, 6.45) is 3.10. The van der Waals surface area contributed by atoms with Gasteiger partial charge in [-0.25, -0.2) is 9.07 Å². The van der Waals surface area contributed by atoms with Crippen LogP contribution in [0.3, 0.4) is 0 Å². The van der Waals surface area contributed by atoms with E-state index < -0.39 is 0 Å². The first kappa shape index (κ1) is 15.1. The van der Waals surface area contributed by atoms with Crippen molar-refractivity contribution in [1.29, 1.82) is 0 Å². The Morgan fingerprint density at radius 3 is 2.82 bits per heavy atom. The highest BCUT2D eigenvalue weighted by molar-refractivity contribution is 7.99. The van der Waals surface area contributed by atoms with Gasteiger partial charge < -0.3 is 5.73 Å². The molecule has 2 N–H and O–H groups in total. The minimum absolute atomic E-state index is 0.229.